The Labute approximate surface area is 111 Å². The number of hydrogen-bond acceptors (Lipinski definition) is 3. The highest BCUT2D eigenvalue weighted by molar-refractivity contribution is 7.89. The van der Waals surface area contributed by atoms with Crippen molar-refractivity contribution in [2.45, 2.75) is 57.4 Å². The molecule has 0 aliphatic heterocycles. The van der Waals surface area contributed by atoms with Gasteiger partial charge in [-0.25, -0.2) is 13.1 Å². The van der Waals surface area contributed by atoms with E-state index in [1.807, 2.05) is 0 Å². The highest BCUT2D eigenvalue weighted by Crippen LogP contribution is 2.28. The molecule has 18 heavy (non-hydrogen) atoms. The van der Waals surface area contributed by atoms with Crippen LogP contribution in [0.1, 0.15) is 51.4 Å². The molecule has 5 heteroatoms. The van der Waals surface area contributed by atoms with Gasteiger partial charge in [-0.15, -0.1) is 0 Å². The van der Waals surface area contributed by atoms with Crippen LogP contribution < -0.4 is 10.0 Å². The molecule has 0 aromatic rings. The van der Waals surface area contributed by atoms with Crippen LogP contribution in [-0.4, -0.2) is 33.3 Å². The zero-order valence-electron chi connectivity index (χ0n) is 11.2. The van der Waals surface area contributed by atoms with Crippen LogP contribution in [0.2, 0.25) is 0 Å². The van der Waals surface area contributed by atoms with E-state index >= 15 is 0 Å². The number of nitrogens with one attached hydrogen (secondary N) is 2. The Balaban J connectivity index is 1.50. The van der Waals surface area contributed by atoms with Crippen LogP contribution in [0.5, 0.6) is 0 Å². The minimum absolute atomic E-state index is 0.215. The average Bonchev–Trinajstić information content (AvgIpc) is 2.99. The first-order valence-electron chi connectivity index (χ1n) is 7.36. The molecule has 0 unspecified atom stereocenters. The minimum Gasteiger partial charge on any atom is -0.313 e. The molecule has 0 aromatic heterocycles. The van der Waals surface area contributed by atoms with E-state index in [9.17, 15) is 8.42 Å². The van der Waals surface area contributed by atoms with Gasteiger partial charge in [0.05, 0.1) is 5.75 Å². The van der Waals surface area contributed by atoms with E-state index in [1.165, 1.54) is 44.9 Å². The molecule has 2 N–H and O–H groups in total. The Bertz CT molecular complexity index is 333. The standard InChI is InChI=1S/C13H26N2O2S/c16-18(17,11-10-14-13-7-8-13)15-9-3-6-12-4-1-2-5-12/h12-15H,1-11H2. The number of sulfonamides is 1. The second kappa shape index (κ2) is 6.87. The lowest BCUT2D eigenvalue weighted by Gasteiger charge is -2.10. The molecule has 2 fully saturated rings. The zero-order chi connectivity index (χ0) is 12.8. The predicted octanol–water partition coefficient (Wildman–Crippen LogP) is 1.63. The SMILES string of the molecule is O=S(=O)(CCNC1CC1)NCCCC1CCCC1. The maximum Gasteiger partial charge on any atom is 0.212 e. The molecule has 0 bridgehead atoms. The van der Waals surface area contributed by atoms with Crippen LogP contribution >= 0.6 is 0 Å². The second-order valence-electron chi connectivity index (χ2n) is 5.73. The Morgan fingerprint density at radius 1 is 1.00 bits per heavy atom. The van der Waals surface area contributed by atoms with Crippen LogP contribution in [0.25, 0.3) is 0 Å². The van der Waals surface area contributed by atoms with Crippen molar-refractivity contribution < 1.29 is 8.42 Å². The first kappa shape index (κ1) is 14.3. The van der Waals surface area contributed by atoms with Crippen LogP contribution in [0.15, 0.2) is 0 Å². The van der Waals surface area contributed by atoms with E-state index in [1.54, 1.807) is 0 Å². The largest absolute Gasteiger partial charge is 0.313 e. The molecule has 0 radical (unpaired) electrons. The van der Waals surface area contributed by atoms with Gasteiger partial charge in [0.1, 0.15) is 0 Å². The fraction of sp³-hybridized carbons (Fsp3) is 1.00. The maximum atomic E-state index is 11.7. The van der Waals surface area contributed by atoms with E-state index in [0.29, 0.717) is 19.1 Å². The lowest BCUT2D eigenvalue weighted by molar-refractivity contribution is 0.480. The summed E-state index contributed by atoms with van der Waals surface area (Å²) in [6.45, 7) is 1.20. The second-order valence-corrected chi connectivity index (χ2v) is 7.66. The van der Waals surface area contributed by atoms with Gasteiger partial charge in [0.25, 0.3) is 0 Å². The highest BCUT2D eigenvalue weighted by atomic mass is 32.2. The van der Waals surface area contributed by atoms with E-state index in [4.69, 9.17) is 0 Å². The van der Waals surface area contributed by atoms with Gasteiger partial charge in [-0.05, 0) is 31.6 Å². The molecule has 2 aliphatic carbocycles. The van der Waals surface area contributed by atoms with Gasteiger partial charge in [0, 0.05) is 19.1 Å². The summed E-state index contributed by atoms with van der Waals surface area (Å²) >= 11 is 0. The van der Waals surface area contributed by atoms with Crippen molar-refractivity contribution in [2.75, 3.05) is 18.8 Å². The van der Waals surface area contributed by atoms with E-state index in [0.717, 1.165) is 12.3 Å². The zero-order valence-corrected chi connectivity index (χ0v) is 12.0. The van der Waals surface area contributed by atoms with Gasteiger partial charge in [0.15, 0.2) is 0 Å². The molecule has 0 saturated heterocycles. The molecule has 0 heterocycles. The van der Waals surface area contributed by atoms with Crippen LogP contribution in [-0.2, 0) is 10.0 Å². The number of rotatable bonds is 9. The molecular weight excluding hydrogens is 248 g/mol. The summed E-state index contributed by atoms with van der Waals surface area (Å²) in [4.78, 5) is 0. The van der Waals surface area contributed by atoms with Gasteiger partial charge in [-0.2, -0.15) is 0 Å². The lowest BCUT2D eigenvalue weighted by Crippen LogP contribution is -2.33. The molecule has 2 rings (SSSR count). The van der Waals surface area contributed by atoms with E-state index < -0.39 is 10.0 Å². The molecule has 106 valence electrons. The quantitative estimate of drug-likeness (QED) is 0.628. The van der Waals surface area contributed by atoms with Crippen molar-refractivity contribution in [3.8, 4) is 0 Å². The summed E-state index contributed by atoms with van der Waals surface area (Å²) < 4.78 is 26.1. The maximum absolute atomic E-state index is 11.7. The summed E-state index contributed by atoms with van der Waals surface area (Å²) in [6, 6.07) is 0.586. The molecule has 4 nitrogen and oxygen atoms in total. The fourth-order valence-electron chi connectivity index (χ4n) is 2.67. The molecule has 2 aliphatic rings. The van der Waals surface area contributed by atoms with Crippen molar-refractivity contribution in [1.29, 1.82) is 0 Å². The van der Waals surface area contributed by atoms with Gasteiger partial charge in [-0.3, -0.25) is 0 Å². The Morgan fingerprint density at radius 3 is 2.39 bits per heavy atom. The Hall–Kier alpha value is -0.130. The van der Waals surface area contributed by atoms with Crippen LogP contribution in [0.4, 0.5) is 0 Å². The Kier molecular flexibility index (Phi) is 5.45. The highest BCUT2D eigenvalue weighted by Gasteiger charge is 2.21. The Morgan fingerprint density at radius 2 is 1.72 bits per heavy atom. The van der Waals surface area contributed by atoms with Gasteiger partial charge in [-0.1, -0.05) is 25.7 Å². The first-order chi connectivity index (χ1) is 8.66. The summed E-state index contributed by atoms with van der Waals surface area (Å²) in [7, 11) is -3.06. The topological polar surface area (TPSA) is 58.2 Å². The molecule has 0 amide bonds. The van der Waals surface area contributed by atoms with Gasteiger partial charge >= 0.3 is 0 Å². The van der Waals surface area contributed by atoms with Crippen molar-refractivity contribution in [3.63, 3.8) is 0 Å². The van der Waals surface area contributed by atoms with E-state index in [2.05, 4.69) is 10.0 Å². The first-order valence-corrected chi connectivity index (χ1v) is 9.02. The van der Waals surface area contributed by atoms with Gasteiger partial charge in [0.2, 0.25) is 10.0 Å². The minimum atomic E-state index is -3.06. The van der Waals surface area contributed by atoms with Crippen molar-refractivity contribution >= 4 is 10.0 Å². The third-order valence-electron chi connectivity index (χ3n) is 3.97. The summed E-state index contributed by atoms with van der Waals surface area (Å²) in [5.74, 6) is 1.07. The number of hydrogen-bond donors (Lipinski definition) is 2. The summed E-state index contributed by atoms with van der Waals surface area (Å²) in [5.41, 5.74) is 0. The molecule has 0 atom stereocenters. The average molecular weight is 274 g/mol. The third kappa shape index (κ3) is 5.67. The molecule has 2 saturated carbocycles. The summed E-state index contributed by atoms with van der Waals surface area (Å²) in [5, 5.41) is 3.23. The van der Waals surface area contributed by atoms with Crippen LogP contribution in [0, 0.1) is 5.92 Å². The van der Waals surface area contributed by atoms with Gasteiger partial charge < -0.3 is 5.32 Å². The van der Waals surface area contributed by atoms with Crippen molar-refractivity contribution in [2.24, 2.45) is 5.92 Å². The normalized spacial score (nSPS) is 21.6. The van der Waals surface area contributed by atoms with Crippen molar-refractivity contribution in [1.82, 2.24) is 10.0 Å². The molecule has 0 aromatic carbocycles. The molecular formula is C13H26N2O2S. The van der Waals surface area contributed by atoms with E-state index in [-0.39, 0.29) is 5.75 Å². The fourth-order valence-corrected chi connectivity index (χ4v) is 3.66. The monoisotopic (exact) mass is 274 g/mol. The predicted molar refractivity (Wildman–Crippen MR) is 74.0 cm³/mol. The third-order valence-corrected chi connectivity index (χ3v) is 5.35. The lowest BCUT2D eigenvalue weighted by atomic mass is 10.0. The molecule has 0 spiro atoms. The van der Waals surface area contributed by atoms with Crippen LogP contribution in [0.3, 0.4) is 0 Å². The smallest absolute Gasteiger partial charge is 0.212 e. The van der Waals surface area contributed by atoms with Crippen molar-refractivity contribution in [3.05, 3.63) is 0 Å². The summed E-state index contributed by atoms with van der Waals surface area (Å²) in [6.07, 6.45) is 10.00.